The lowest BCUT2D eigenvalue weighted by molar-refractivity contribution is -0.132. The molecule has 5 nitrogen and oxygen atoms in total. The Hall–Kier alpha value is -1.98. The fourth-order valence-corrected chi connectivity index (χ4v) is 1.12. The van der Waals surface area contributed by atoms with Crippen molar-refractivity contribution in [2.75, 3.05) is 7.05 Å². The zero-order chi connectivity index (χ0) is 12.8. The maximum atomic E-state index is 11.5. The van der Waals surface area contributed by atoms with E-state index in [-0.39, 0.29) is 0 Å². The van der Waals surface area contributed by atoms with Crippen LogP contribution in [0.25, 0.3) is 0 Å². The summed E-state index contributed by atoms with van der Waals surface area (Å²) in [6, 6.07) is 7.67. The van der Waals surface area contributed by atoms with Gasteiger partial charge in [0, 0.05) is 0 Å². The summed E-state index contributed by atoms with van der Waals surface area (Å²) in [5.74, 6) is -0.982. The van der Waals surface area contributed by atoms with Crippen LogP contribution in [0.2, 0.25) is 0 Å². The van der Waals surface area contributed by atoms with Crippen LogP contribution < -0.4 is 0 Å². The number of carbonyl (C=O) groups excluding carboxylic acids is 2. The van der Waals surface area contributed by atoms with Crippen molar-refractivity contribution in [3.8, 4) is 0 Å². The molecular weight excluding hydrogens is 217 g/mol. The lowest BCUT2D eigenvalue weighted by atomic mass is 10.1. The van der Waals surface area contributed by atoms with Gasteiger partial charge >= 0.3 is 0 Å². The van der Waals surface area contributed by atoms with E-state index >= 15 is 0 Å². The summed E-state index contributed by atoms with van der Waals surface area (Å²) in [6.07, 6.45) is 0. The number of rotatable bonds is 4. The molecule has 0 aliphatic rings. The fourth-order valence-electron chi connectivity index (χ4n) is 1.12. The van der Waals surface area contributed by atoms with E-state index in [1.165, 1.54) is 14.0 Å². The number of hydrogen-bond acceptors (Lipinski definition) is 4. The maximum Gasteiger partial charge on any atom is 0.243 e. The fraction of sp³-hybridized carbons (Fsp3) is 0.273. The lowest BCUT2D eigenvalue weighted by Crippen LogP contribution is -2.37. The molecule has 1 amide bonds. The number of benzene rings is 1. The van der Waals surface area contributed by atoms with E-state index in [0.717, 1.165) is 4.81 Å². The predicted octanol–water partition coefficient (Wildman–Crippen LogP) is 1.27. The first kappa shape index (κ1) is 13.1. The highest BCUT2D eigenvalue weighted by Crippen LogP contribution is 2.12. The molecule has 0 heterocycles. The number of ketones is 1. The number of amides is 1. The molecule has 0 aliphatic carbocycles. The lowest BCUT2D eigenvalue weighted by Gasteiger charge is -2.14. The van der Waals surface area contributed by atoms with Crippen molar-refractivity contribution in [2.24, 2.45) is 10.2 Å². The van der Waals surface area contributed by atoms with E-state index < -0.39 is 17.7 Å². The molecular formula is C11H12BN3O2. The summed E-state index contributed by atoms with van der Waals surface area (Å²) < 4.78 is 0. The number of likely N-dealkylation sites (N-methyl/N-ethyl adjacent to an activating group) is 1. The second-order valence-electron chi connectivity index (χ2n) is 3.51. The van der Waals surface area contributed by atoms with Crippen LogP contribution in [-0.2, 0) is 9.59 Å². The molecule has 0 saturated heterocycles. The van der Waals surface area contributed by atoms with Gasteiger partial charge in [-0.1, -0.05) is 18.2 Å². The molecule has 0 N–H and O–H groups in total. The minimum Gasteiger partial charge on any atom is -0.397 e. The molecule has 86 valence electrons. The van der Waals surface area contributed by atoms with Crippen molar-refractivity contribution >= 4 is 25.4 Å². The molecule has 1 aromatic rings. The van der Waals surface area contributed by atoms with Crippen molar-refractivity contribution < 1.29 is 9.59 Å². The van der Waals surface area contributed by atoms with E-state index in [0.29, 0.717) is 5.69 Å². The summed E-state index contributed by atoms with van der Waals surface area (Å²) in [6.45, 7) is 1.27. The number of nitrogens with zero attached hydrogens (tertiary/aromatic N) is 3. The molecule has 17 heavy (non-hydrogen) atoms. The molecule has 0 saturated carbocycles. The topological polar surface area (TPSA) is 62.1 Å². The summed E-state index contributed by atoms with van der Waals surface area (Å²) in [5, 5.41) is 7.55. The molecule has 2 radical (unpaired) electrons. The minimum atomic E-state index is -1.18. The Balaban J connectivity index is 2.85. The Morgan fingerprint density at radius 3 is 2.35 bits per heavy atom. The van der Waals surface area contributed by atoms with Gasteiger partial charge in [-0.15, -0.1) is 0 Å². The average Bonchev–Trinajstić information content (AvgIpc) is 2.29. The smallest absolute Gasteiger partial charge is 0.243 e. The average molecular weight is 229 g/mol. The molecule has 1 aromatic carbocycles. The molecule has 1 unspecified atom stereocenters. The van der Waals surface area contributed by atoms with Gasteiger partial charge in [-0.25, -0.2) is 0 Å². The number of azo groups is 1. The molecule has 1 atom stereocenters. The van der Waals surface area contributed by atoms with Crippen LogP contribution in [0.15, 0.2) is 40.6 Å². The second-order valence-corrected chi connectivity index (χ2v) is 3.51. The number of hydrogen-bond donors (Lipinski definition) is 0. The highest BCUT2D eigenvalue weighted by atomic mass is 16.2. The predicted molar refractivity (Wildman–Crippen MR) is 64.0 cm³/mol. The van der Waals surface area contributed by atoms with Crippen LogP contribution in [-0.4, -0.2) is 37.6 Å². The SMILES string of the molecule is [B]N(C)C(=O)C(N=Nc1ccccc1)C(C)=O. The number of carbonyl (C=O) groups is 2. The molecule has 6 heteroatoms. The van der Waals surface area contributed by atoms with Gasteiger partial charge in [-0.3, -0.25) is 9.59 Å². The molecule has 1 rings (SSSR count). The van der Waals surface area contributed by atoms with E-state index in [1.54, 1.807) is 24.3 Å². The summed E-state index contributed by atoms with van der Waals surface area (Å²) >= 11 is 0. The summed E-state index contributed by atoms with van der Waals surface area (Å²) in [7, 11) is 6.63. The van der Waals surface area contributed by atoms with Gasteiger partial charge in [0.1, 0.15) is 0 Å². The first-order chi connectivity index (χ1) is 8.02. The van der Waals surface area contributed by atoms with Crippen LogP contribution in [0.3, 0.4) is 0 Å². The van der Waals surface area contributed by atoms with Crippen LogP contribution in [0.1, 0.15) is 6.92 Å². The Morgan fingerprint density at radius 1 is 1.29 bits per heavy atom. The standard InChI is InChI=1S/C11H12BN3O2/c1-8(16)10(11(17)15(2)12)14-13-9-6-4-3-5-7-9/h3-7,10H,1-2H3. The van der Waals surface area contributed by atoms with Gasteiger partial charge in [-0.05, 0) is 26.1 Å². The first-order valence-corrected chi connectivity index (χ1v) is 5.01. The Kier molecular flexibility index (Phi) is 4.57. The second kappa shape index (κ2) is 5.93. The molecule has 0 spiro atoms. The van der Waals surface area contributed by atoms with Crippen LogP contribution in [0, 0.1) is 0 Å². The Bertz CT molecular complexity index is 432. The highest BCUT2D eigenvalue weighted by molar-refractivity contribution is 6.19. The van der Waals surface area contributed by atoms with Gasteiger partial charge in [-0.2, -0.15) is 10.2 Å². The molecule has 0 aliphatic heterocycles. The van der Waals surface area contributed by atoms with Gasteiger partial charge in [0.15, 0.2) is 5.78 Å². The van der Waals surface area contributed by atoms with Crippen molar-refractivity contribution in [1.82, 2.24) is 4.81 Å². The van der Waals surface area contributed by atoms with Gasteiger partial charge < -0.3 is 4.81 Å². The van der Waals surface area contributed by atoms with Crippen LogP contribution in [0.4, 0.5) is 5.69 Å². The van der Waals surface area contributed by atoms with Crippen LogP contribution >= 0.6 is 0 Å². The zero-order valence-electron chi connectivity index (χ0n) is 9.70. The zero-order valence-corrected chi connectivity index (χ0v) is 9.70. The van der Waals surface area contributed by atoms with Gasteiger partial charge in [0.05, 0.1) is 5.69 Å². The quantitative estimate of drug-likeness (QED) is 0.443. The third-order valence-corrected chi connectivity index (χ3v) is 2.01. The van der Waals surface area contributed by atoms with Gasteiger partial charge in [0.2, 0.25) is 19.9 Å². The maximum absolute atomic E-state index is 11.5. The van der Waals surface area contributed by atoms with E-state index in [9.17, 15) is 9.59 Å². The van der Waals surface area contributed by atoms with E-state index in [2.05, 4.69) is 10.2 Å². The largest absolute Gasteiger partial charge is 0.397 e. The van der Waals surface area contributed by atoms with Crippen molar-refractivity contribution in [3.05, 3.63) is 30.3 Å². The molecule has 0 aromatic heterocycles. The van der Waals surface area contributed by atoms with E-state index in [4.69, 9.17) is 7.98 Å². The summed E-state index contributed by atoms with van der Waals surface area (Å²) in [4.78, 5) is 23.6. The van der Waals surface area contributed by atoms with Crippen LogP contribution in [0.5, 0.6) is 0 Å². The van der Waals surface area contributed by atoms with Crippen molar-refractivity contribution in [3.63, 3.8) is 0 Å². The highest BCUT2D eigenvalue weighted by Gasteiger charge is 2.23. The Labute approximate surface area is 101 Å². The molecule has 0 fully saturated rings. The monoisotopic (exact) mass is 229 g/mol. The normalized spacial score (nSPS) is 12.4. The first-order valence-electron chi connectivity index (χ1n) is 5.01. The van der Waals surface area contributed by atoms with E-state index in [1.807, 2.05) is 6.07 Å². The van der Waals surface area contributed by atoms with Crippen molar-refractivity contribution in [1.29, 1.82) is 0 Å². The summed E-state index contributed by atoms with van der Waals surface area (Å²) in [5.41, 5.74) is 0.575. The minimum absolute atomic E-state index is 0.396. The third-order valence-electron chi connectivity index (χ3n) is 2.01. The van der Waals surface area contributed by atoms with Crippen molar-refractivity contribution in [2.45, 2.75) is 13.0 Å². The van der Waals surface area contributed by atoms with Gasteiger partial charge in [0.25, 0.3) is 0 Å². The molecule has 0 bridgehead atoms. The Morgan fingerprint density at radius 2 is 1.88 bits per heavy atom. The third kappa shape index (κ3) is 3.83. The number of Topliss-reactive ketones (excluding diaryl/α,β-unsaturated/α-hetero) is 1.